The van der Waals surface area contributed by atoms with E-state index in [-0.39, 0.29) is 11.5 Å². The smallest absolute Gasteiger partial charge is 0.167 e. The molecule has 0 fully saturated rings. The molecule has 0 atom stereocenters. The highest BCUT2D eigenvalue weighted by Crippen LogP contribution is 2.19. The van der Waals surface area contributed by atoms with E-state index < -0.39 is 5.82 Å². The second kappa shape index (κ2) is 5.10. The first-order chi connectivity index (χ1) is 8.20. The van der Waals surface area contributed by atoms with Crippen molar-refractivity contribution in [2.24, 2.45) is 0 Å². The quantitative estimate of drug-likeness (QED) is 0.778. The maximum atomic E-state index is 13.2. The largest absolute Gasteiger partial charge is 0.494 e. The first-order valence-corrected chi connectivity index (χ1v) is 6.03. The van der Waals surface area contributed by atoms with Crippen LogP contribution in [0, 0.1) is 5.82 Å². The second-order valence-corrected chi connectivity index (χ2v) is 4.36. The zero-order chi connectivity index (χ0) is 12.3. The van der Waals surface area contributed by atoms with Crippen LogP contribution in [0.5, 0.6) is 5.75 Å². The highest BCUT2D eigenvalue weighted by atomic mass is 32.1. The third-order valence-corrected chi connectivity index (χ3v) is 3.15. The summed E-state index contributed by atoms with van der Waals surface area (Å²) < 4.78 is 18.0. The topological polar surface area (TPSA) is 26.3 Å². The van der Waals surface area contributed by atoms with Crippen LogP contribution >= 0.6 is 11.3 Å². The lowest BCUT2D eigenvalue weighted by molar-refractivity contribution is 0.0992. The van der Waals surface area contributed by atoms with Gasteiger partial charge in [0, 0.05) is 12.0 Å². The minimum atomic E-state index is -0.459. The maximum Gasteiger partial charge on any atom is 0.167 e. The van der Waals surface area contributed by atoms with E-state index in [4.69, 9.17) is 4.74 Å². The van der Waals surface area contributed by atoms with E-state index in [0.29, 0.717) is 12.0 Å². The van der Waals surface area contributed by atoms with Gasteiger partial charge in [-0.05, 0) is 40.6 Å². The van der Waals surface area contributed by atoms with Crippen LogP contribution in [0.4, 0.5) is 4.39 Å². The molecule has 2 rings (SSSR count). The minimum Gasteiger partial charge on any atom is -0.494 e. The Morgan fingerprint density at radius 2 is 2.24 bits per heavy atom. The lowest BCUT2D eigenvalue weighted by Gasteiger charge is -2.04. The van der Waals surface area contributed by atoms with Crippen molar-refractivity contribution in [2.75, 3.05) is 7.11 Å². The normalized spacial score (nSPS) is 10.2. The molecule has 0 aliphatic rings. The molecule has 2 aromatic rings. The van der Waals surface area contributed by atoms with E-state index in [0.717, 1.165) is 5.56 Å². The van der Waals surface area contributed by atoms with E-state index in [9.17, 15) is 9.18 Å². The van der Waals surface area contributed by atoms with E-state index in [1.54, 1.807) is 11.3 Å². The van der Waals surface area contributed by atoms with Crippen LogP contribution in [0.1, 0.15) is 15.9 Å². The molecule has 1 heterocycles. The first kappa shape index (κ1) is 11.8. The van der Waals surface area contributed by atoms with Crippen molar-refractivity contribution < 1.29 is 13.9 Å². The number of halogens is 1. The lowest BCUT2D eigenvalue weighted by Crippen LogP contribution is -2.03. The molecule has 0 spiro atoms. The van der Waals surface area contributed by atoms with Gasteiger partial charge in [0.15, 0.2) is 17.3 Å². The molecule has 2 nitrogen and oxygen atoms in total. The number of ketones is 1. The standard InChI is InChI=1S/C13H11FO2S/c1-16-13-7-10(2-3-11(13)14)12(15)6-9-4-5-17-8-9/h2-5,7-8H,6H2,1H3. The van der Waals surface area contributed by atoms with Crippen LogP contribution in [0.25, 0.3) is 0 Å². The van der Waals surface area contributed by atoms with E-state index in [2.05, 4.69) is 0 Å². The number of methoxy groups -OCH3 is 1. The van der Waals surface area contributed by atoms with Crippen molar-refractivity contribution >= 4 is 17.1 Å². The third-order valence-electron chi connectivity index (χ3n) is 2.42. The van der Waals surface area contributed by atoms with Gasteiger partial charge in [0.05, 0.1) is 7.11 Å². The summed E-state index contributed by atoms with van der Waals surface area (Å²) in [6.07, 6.45) is 0.332. The van der Waals surface area contributed by atoms with Gasteiger partial charge >= 0.3 is 0 Å². The summed E-state index contributed by atoms with van der Waals surface area (Å²) in [5.41, 5.74) is 1.44. The van der Waals surface area contributed by atoms with Crippen molar-refractivity contribution in [3.05, 3.63) is 52.0 Å². The highest BCUT2D eigenvalue weighted by molar-refractivity contribution is 7.08. The number of carbonyl (C=O) groups is 1. The van der Waals surface area contributed by atoms with Crippen molar-refractivity contribution in [3.8, 4) is 5.75 Å². The number of thiophene rings is 1. The number of benzene rings is 1. The van der Waals surface area contributed by atoms with Gasteiger partial charge in [0.1, 0.15) is 0 Å². The van der Waals surface area contributed by atoms with Crippen molar-refractivity contribution in [1.82, 2.24) is 0 Å². The van der Waals surface area contributed by atoms with Crippen LogP contribution in [-0.2, 0) is 6.42 Å². The Labute approximate surface area is 103 Å². The van der Waals surface area contributed by atoms with Gasteiger partial charge in [-0.25, -0.2) is 4.39 Å². The Hall–Kier alpha value is -1.68. The summed E-state index contributed by atoms with van der Waals surface area (Å²) in [5.74, 6) is -0.401. The number of rotatable bonds is 4. The second-order valence-electron chi connectivity index (χ2n) is 3.58. The fourth-order valence-electron chi connectivity index (χ4n) is 1.51. The van der Waals surface area contributed by atoms with Crippen LogP contribution < -0.4 is 4.74 Å². The van der Waals surface area contributed by atoms with Crippen LogP contribution in [-0.4, -0.2) is 12.9 Å². The molecular weight excluding hydrogens is 239 g/mol. The van der Waals surface area contributed by atoms with Gasteiger partial charge in [0.2, 0.25) is 0 Å². The number of ether oxygens (including phenoxy) is 1. The molecule has 0 aliphatic heterocycles. The maximum absolute atomic E-state index is 13.2. The molecule has 1 aromatic heterocycles. The molecule has 0 unspecified atom stereocenters. The third kappa shape index (κ3) is 2.71. The first-order valence-electron chi connectivity index (χ1n) is 5.08. The van der Waals surface area contributed by atoms with E-state index in [1.165, 1.54) is 25.3 Å². The Bertz CT molecular complexity index is 520. The number of hydrogen-bond acceptors (Lipinski definition) is 3. The Morgan fingerprint density at radius 1 is 1.41 bits per heavy atom. The molecule has 0 saturated heterocycles. The van der Waals surface area contributed by atoms with Gasteiger partial charge in [-0.3, -0.25) is 4.79 Å². The molecular formula is C13H11FO2S. The molecule has 17 heavy (non-hydrogen) atoms. The number of hydrogen-bond donors (Lipinski definition) is 0. The fourth-order valence-corrected chi connectivity index (χ4v) is 2.18. The molecule has 0 N–H and O–H groups in total. The number of Topliss-reactive ketones (excluding diaryl/α,β-unsaturated/α-hetero) is 1. The monoisotopic (exact) mass is 250 g/mol. The van der Waals surface area contributed by atoms with Gasteiger partial charge in [-0.2, -0.15) is 11.3 Å². The predicted molar refractivity (Wildman–Crippen MR) is 65.3 cm³/mol. The summed E-state index contributed by atoms with van der Waals surface area (Å²) in [7, 11) is 1.38. The molecule has 0 saturated carbocycles. The highest BCUT2D eigenvalue weighted by Gasteiger charge is 2.11. The zero-order valence-electron chi connectivity index (χ0n) is 9.27. The molecule has 0 bridgehead atoms. The molecule has 1 aromatic carbocycles. The SMILES string of the molecule is COc1cc(C(=O)Cc2ccsc2)ccc1F. The summed E-state index contributed by atoms with van der Waals surface area (Å²) in [5, 5.41) is 3.85. The van der Waals surface area contributed by atoms with Gasteiger partial charge in [-0.15, -0.1) is 0 Å². The zero-order valence-corrected chi connectivity index (χ0v) is 10.1. The van der Waals surface area contributed by atoms with E-state index >= 15 is 0 Å². The fraction of sp³-hybridized carbons (Fsp3) is 0.154. The molecule has 4 heteroatoms. The van der Waals surface area contributed by atoms with Crippen molar-refractivity contribution in [1.29, 1.82) is 0 Å². The molecule has 0 aliphatic carbocycles. The average molecular weight is 250 g/mol. The summed E-state index contributed by atoms with van der Waals surface area (Å²) >= 11 is 1.55. The molecule has 88 valence electrons. The number of carbonyl (C=O) groups excluding carboxylic acids is 1. The van der Waals surface area contributed by atoms with Gasteiger partial charge in [0.25, 0.3) is 0 Å². The summed E-state index contributed by atoms with van der Waals surface area (Å²) in [6.45, 7) is 0. The van der Waals surface area contributed by atoms with Crippen molar-refractivity contribution in [2.45, 2.75) is 6.42 Å². The Morgan fingerprint density at radius 3 is 2.88 bits per heavy atom. The molecule has 0 radical (unpaired) electrons. The Kier molecular flexibility index (Phi) is 3.54. The van der Waals surface area contributed by atoms with Gasteiger partial charge < -0.3 is 4.74 Å². The predicted octanol–water partition coefficient (Wildman–Crippen LogP) is 3.32. The van der Waals surface area contributed by atoms with Crippen molar-refractivity contribution in [3.63, 3.8) is 0 Å². The average Bonchev–Trinajstić information content (AvgIpc) is 2.82. The Balaban J connectivity index is 2.19. The summed E-state index contributed by atoms with van der Waals surface area (Å²) in [6, 6.07) is 6.07. The van der Waals surface area contributed by atoms with Crippen LogP contribution in [0.3, 0.4) is 0 Å². The lowest BCUT2D eigenvalue weighted by atomic mass is 10.0. The van der Waals surface area contributed by atoms with Gasteiger partial charge in [-0.1, -0.05) is 0 Å². The molecule has 0 amide bonds. The van der Waals surface area contributed by atoms with Crippen LogP contribution in [0.15, 0.2) is 35.0 Å². The summed E-state index contributed by atoms with van der Waals surface area (Å²) in [4.78, 5) is 11.9. The van der Waals surface area contributed by atoms with E-state index in [1.807, 2.05) is 16.8 Å². The van der Waals surface area contributed by atoms with Crippen LogP contribution in [0.2, 0.25) is 0 Å². The minimum absolute atomic E-state index is 0.0401.